The van der Waals surface area contributed by atoms with Crippen LogP contribution in [0.3, 0.4) is 0 Å². The maximum absolute atomic E-state index is 2.71. The fourth-order valence-electron chi connectivity index (χ4n) is 18.7. The first-order valence-corrected chi connectivity index (χ1v) is 27.3. The van der Waals surface area contributed by atoms with Gasteiger partial charge in [-0.3, -0.25) is 0 Å². The van der Waals surface area contributed by atoms with E-state index in [1.807, 2.05) is 0 Å². The SMILES string of the molecule is CC1Cc2c(c3c(c4c2C2c5ccccc5C4c4ccccc42)C2c4ccccc4C3c3ccccc32)C(C)c2c1c1c(c3c2C2c4ccccc4C3c3ccccc32)C2c3ccccc3C1c1ccccc12. The first-order valence-electron chi connectivity index (χ1n) is 27.3. The molecule has 10 aromatic rings. The van der Waals surface area contributed by atoms with E-state index in [0.717, 1.165) is 6.42 Å². The van der Waals surface area contributed by atoms with Crippen molar-refractivity contribution in [1.29, 1.82) is 0 Å². The Labute approximate surface area is 427 Å². The monoisotopic (exact) mass is 926 g/mol. The van der Waals surface area contributed by atoms with Crippen molar-refractivity contribution in [1.82, 2.24) is 0 Å². The highest BCUT2D eigenvalue weighted by atomic mass is 14.6. The fraction of sp³-hybridized carbons (Fsp3) is 0.178. The molecular weight excluding hydrogens is 877 g/mol. The lowest BCUT2D eigenvalue weighted by atomic mass is 9.51. The first kappa shape index (κ1) is 38.8. The van der Waals surface area contributed by atoms with E-state index in [9.17, 15) is 0 Å². The molecule has 23 rings (SSSR count). The molecule has 0 fully saturated rings. The molecule has 13 aliphatic carbocycles. The van der Waals surface area contributed by atoms with Crippen LogP contribution in [0, 0.1) is 0 Å². The molecule has 0 amide bonds. The van der Waals surface area contributed by atoms with Crippen LogP contribution in [0.5, 0.6) is 0 Å². The van der Waals surface area contributed by atoms with E-state index in [2.05, 4.69) is 208 Å². The lowest BCUT2D eigenvalue weighted by Crippen LogP contribution is -2.37. The predicted molar refractivity (Wildman–Crippen MR) is 292 cm³/mol. The van der Waals surface area contributed by atoms with Crippen molar-refractivity contribution < 1.29 is 0 Å². The second kappa shape index (κ2) is 13.2. The standard InChI is InChI=1S/C73H50/c1-36-35-54-56(68-60-44-25-9-15-31-50(44)64(51-32-16-10-26-45(51)60)72(68)70-62-40-21-5-3-19-38(40)58(66(54)70)39-20-4-6-22-41(39)62)37(2)57-55(36)67-59-42-23-7-13-29-48(42)63(49-30-14-8-24-43(49)59)71(67)73-65-52-33-17-11-27-46(52)61(69(57)73)47-28-12-18-34-53(47)65/h3-34,36-37,58-65H,35H2,1-2H3. The number of hydrogen-bond donors (Lipinski definition) is 0. The summed E-state index contributed by atoms with van der Waals surface area (Å²) in [7, 11) is 0. The van der Waals surface area contributed by atoms with Crippen LogP contribution < -0.4 is 0 Å². The number of rotatable bonds is 0. The van der Waals surface area contributed by atoms with Gasteiger partial charge in [-0.05, 0) is 168 Å². The van der Waals surface area contributed by atoms with Gasteiger partial charge in [0.1, 0.15) is 0 Å². The third-order valence-corrected chi connectivity index (χ3v) is 20.7. The van der Waals surface area contributed by atoms with Gasteiger partial charge < -0.3 is 0 Å². The minimum atomic E-state index is 0.155. The quantitative estimate of drug-likeness (QED) is 0.142. The van der Waals surface area contributed by atoms with Gasteiger partial charge in [0.15, 0.2) is 0 Å². The Morgan fingerprint density at radius 3 is 0.630 bits per heavy atom. The molecule has 2 atom stereocenters. The molecule has 8 bridgehead atoms. The number of fused-ring (bicyclic) bond motifs is 2. The van der Waals surface area contributed by atoms with E-state index in [4.69, 9.17) is 0 Å². The molecule has 10 aromatic carbocycles. The average molecular weight is 927 g/mol. The second-order valence-corrected chi connectivity index (χ2v) is 23.4. The van der Waals surface area contributed by atoms with Gasteiger partial charge in [0.25, 0.3) is 0 Å². The van der Waals surface area contributed by atoms with Crippen LogP contribution in [0.15, 0.2) is 194 Å². The maximum atomic E-state index is 2.71. The summed E-state index contributed by atoms with van der Waals surface area (Å²) in [5.41, 5.74) is 44.2. The maximum Gasteiger partial charge on any atom is 0.0352 e. The highest BCUT2D eigenvalue weighted by Crippen LogP contribution is 2.71. The first-order chi connectivity index (χ1) is 36.2. The zero-order valence-corrected chi connectivity index (χ0v) is 41.0. The molecule has 0 saturated heterocycles. The third kappa shape index (κ3) is 4.30. The van der Waals surface area contributed by atoms with Gasteiger partial charge in [0.05, 0.1) is 0 Å². The van der Waals surface area contributed by atoms with Crippen LogP contribution in [0.2, 0.25) is 0 Å². The Morgan fingerprint density at radius 2 is 0.384 bits per heavy atom. The molecule has 0 heteroatoms. The molecule has 0 saturated carbocycles. The molecule has 0 spiro atoms. The molecule has 342 valence electrons. The Hall–Kier alpha value is -7.80. The van der Waals surface area contributed by atoms with E-state index in [-0.39, 0.29) is 59.2 Å². The summed E-state index contributed by atoms with van der Waals surface area (Å²) in [6, 6.07) is 77.1. The highest BCUT2D eigenvalue weighted by Gasteiger charge is 2.56. The molecule has 0 aliphatic heterocycles. The topological polar surface area (TPSA) is 0 Å². The van der Waals surface area contributed by atoms with Crippen molar-refractivity contribution in [2.45, 2.75) is 79.4 Å². The largest absolute Gasteiger partial charge is 0.0619 e. The van der Waals surface area contributed by atoms with E-state index in [0.29, 0.717) is 0 Å². The van der Waals surface area contributed by atoms with Crippen molar-refractivity contribution in [2.24, 2.45) is 0 Å². The van der Waals surface area contributed by atoms with Gasteiger partial charge in [-0.2, -0.15) is 0 Å². The smallest absolute Gasteiger partial charge is 0.0352 e. The highest BCUT2D eigenvalue weighted by molar-refractivity contribution is 5.84. The van der Waals surface area contributed by atoms with Crippen LogP contribution in [0.4, 0.5) is 0 Å². The van der Waals surface area contributed by atoms with Crippen molar-refractivity contribution in [3.05, 3.63) is 350 Å². The molecule has 13 aliphatic rings. The minimum absolute atomic E-state index is 0.155. The summed E-state index contributed by atoms with van der Waals surface area (Å²) in [4.78, 5) is 0. The second-order valence-electron chi connectivity index (χ2n) is 23.4. The molecule has 0 N–H and O–H groups in total. The Morgan fingerprint density at radius 1 is 0.205 bits per heavy atom. The van der Waals surface area contributed by atoms with Crippen LogP contribution in [-0.4, -0.2) is 0 Å². The summed E-state index contributed by atoms with van der Waals surface area (Å²) < 4.78 is 0. The Bertz CT molecular complexity index is 4040. The summed E-state index contributed by atoms with van der Waals surface area (Å²) in [5, 5.41) is 0. The molecule has 2 unspecified atom stereocenters. The van der Waals surface area contributed by atoms with Crippen LogP contribution in [-0.2, 0) is 6.42 Å². The fourth-order valence-corrected chi connectivity index (χ4v) is 18.7. The van der Waals surface area contributed by atoms with Gasteiger partial charge in [-0.1, -0.05) is 208 Å². The number of benzene rings is 10. The van der Waals surface area contributed by atoms with Crippen LogP contribution >= 0.6 is 0 Å². The summed E-state index contributed by atoms with van der Waals surface area (Å²) in [6.07, 6.45) is 1.03. The van der Waals surface area contributed by atoms with E-state index in [1.165, 1.54) is 89.0 Å². The lowest BCUT2D eigenvalue weighted by Gasteiger charge is -2.52. The molecular formula is C73H50. The summed E-state index contributed by atoms with van der Waals surface area (Å²) in [6.45, 7) is 5.38. The van der Waals surface area contributed by atoms with E-state index < -0.39 is 0 Å². The zero-order valence-electron chi connectivity index (χ0n) is 41.0. The van der Waals surface area contributed by atoms with Crippen LogP contribution in [0.25, 0.3) is 0 Å². The Balaban J connectivity index is 0.998. The predicted octanol–water partition coefficient (Wildman–Crippen LogP) is 16.4. The van der Waals surface area contributed by atoms with E-state index in [1.54, 1.807) is 66.8 Å². The van der Waals surface area contributed by atoms with Gasteiger partial charge in [-0.15, -0.1) is 0 Å². The van der Waals surface area contributed by atoms with Crippen LogP contribution in [0.1, 0.15) is 229 Å². The lowest BCUT2D eigenvalue weighted by molar-refractivity contribution is 0.650. The van der Waals surface area contributed by atoms with Crippen molar-refractivity contribution >= 4 is 0 Å². The minimum Gasteiger partial charge on any atom is -0.0619 e. The Kier molecular flexibility index (Phi) is 7.04. The van der Waals surface area contributed by atoms with Crippen molar-refractivity contribution in [2.75, 3.05) is 0 Å². The van der Waals surface area contributed by atoms with Gasteiger partial charge >= 0.3 is 0 Å². The zero-order chi connectivity index (χ0) is 47.3. The summed E-state index contributed by atoms with van der Waals surface area (Å²) in [5.74, 6) is 1.86. The van der Waals surface area contributed by atoms with Gasteiger partial charge in [0.2, 0.25) is 0 Å². The number of hydrogen-bond acceptors (Lipinski definition) is 0. The molecule has 0 nitrogen and oxygen atoms in total. The van der Waals surface area contributed by atoms with Gasteiger partial charge in [-0.25, -0.2) is 0 Å². The molecule has 73 heavy (non-hydrogen) atoms. The normalized spacial score (nSPS) is 25.6. The van der Waals surface area contributed by atoms with Crippen molar-refractivity contribution in [3.8, 4) is 0 Å². The average Bonchev–Trinajstić information content (AvgIpc) is 3.58. The molecule has 0 radical (unpaired) electrons. The molecule has 0 aromatic heterocycles. The molecule has 0 heterocycles. The van der Waals surface area contributed by atoms with E-state index >= 15 is 0 Å². The third-order valence-electron chi connectivity index (χ3n) is 20.7. The summed E-state index contributed by atoms with van der Waals surface area (Å²) >= 11 is 0. The van der Waals surface area contributed by atoms with Gasteiger partial charge in [0, 0.05) is 53.3 Å². The van der Waals surface area contributed by atoms with Crippen molar-refractivity contribution in [3.63, 3.8) is 0 Å².